The van der Waals surface area contributed by atoms with Crippen molar-refractivity contribution < 1.29 is 28.1 Å². The highest BCUT2D eigenvalue weighted by molar-refractivity contribution is 7.64. The molecule has 3 aromatic rings. The first-order chi connectivity index (χ1) is 16.7. The van der Waals surface area contributed by atoms with Crippen molar-refractivity contribution in [1.82, 2.24) is 9.78 Å². The molecular formula is C26H28FN2O5P. The van der Waals surface area contributed by atoms with Gasteiger partial charge in [0, 0.05) is 24.3 Å². The van der Waals surface area contributed by atoms with E-state index in [0.717, 1.165) is 5.56 Å². The maximum atomic E-state index is 13.7. The molecule has 1 unspecified atom stereocenters. The van der Waals surface area contributed by atoms with Crippen LogP contribution in [-0.2, 0) is 18.6 Å². The van der Waals surface area contributed by atoms with E-state index >= 15 is 0 Å². The van der Waals surface area contributed by atoms with Crippen LogP contribution in [0.3, 0.4) is 0 Å². The summed E-state index contributed by atoms with van der Waals surface area (Å²) in [5, 5.41) is 15.0. The Morgan fingerprint density at radius 1 is 1.11 bits per heavy atom. The number of aliphatic hydroxyl groups excluding tert-OH is 1. The number of nitrogens with zero attached hydrogens (tertiary/aromatic N) is 2. The van der Waals surface area contributed by atoms with Gasteiger partial charge in [-0.1, -0.05) is 42.5 Å². The SMILES string of the molecule is COC(=O)C[C@H](O)CP(=O)(C#Cc1c(-c2ccc(F)cc2)c(-c2ccccc2)nn1C(C)C)OC. The van der Waals surface area contributed by atoms with Gasteiger partial charge >= 0.3 is 5.97 Å². The Morgan fingerprint density at radius 3 is 2.34 bits per heavy atom. The normalized spacial score (nSPS) is 13.6. The topological polar surface area (TPSA) is 90.7 Å². The Bertz CT molecular complexity index is 1280. The molecule has 1 heterocycles. The second-order valence-corrected chi connectivity index (χ2v) is 10.5. The lowest BCUT2D eigenvalue weighted by molar-refractivity contribution is -0.142. The van der Waals surface area contributed by atoms with Gasteiger partial charge in [-0.3, -0.25) is 14.0 Å². The lowest BCUT2D eigenvalue weighted by Gasteiger charge is -2.14. The molecule has 7 nitrogen and oxygen atoms in total. The van der Waals surface area contributed by atoms with Crippen molar-refractivity contribution in [2.75, 3.05) is 20.4 Å². The lowest BCUT2D eigenvalue weighted by Crippen LogP contribution is -2.18. The Labute approximate surface area is 204 Å². The summed E-state index contributed by atoms with van der Waals surface area (Å²) in [5.74, 6) is 1.97. The zero-order chi connectivity index (χ0) is 25.6. The van der Waals surface area contributed by atoms with Crippen LogP contribution in [0, 0.1) is 17.4 Å². The molecule has 1 N–H and O–H groups in total. The molecule has 0 spiro atoms. The Kier molecular flexibility index (Phi) is 8.63. The number of hydrogen-bond acceptors (Lipinski definition) is 6. The molecule has 0 aliphatic heterocycles. The van der Waals surface area contributed by atoms with Crippen LogP contribution in [-0.4, -0.2) is 47.3 Å². The summed E-state index contributed by atoms with van der Waals surface area (Å²) in [6, 6.07) is 15.4. The van der Waals surface area contributed by atoms with Gasteiger partial charge in [-0.25, -0.2) is 4.39 Å². The van der Waals surface area contributed by atoms with Gasteiger partial charge in [0.25, 0.3) is 7.37 Å². The van der Waals surface area contributed by atoms with Crippen molar-refractivity contribution in [3.8, 4) is 34.0 Å². The summed E-state index contributed by atoms with van der Waals surface area (Å²) in [4.78, 5) is 11.5. The van der Waals surface area contributed by atoms with Gasteiger partial charge in [-0.2, -0.15) is 5.10 Å². The minimum atomic E-state index is -3.64. The highest BCUT2D eigenvalue weighted by atomic mass is 31.2. The van der Waals surface area contributed by atoms with Crippen LogP contribution in [0.2, 0.25) is 0 Å². The first-order valence-electron chi connectivity index (χ1n) is 11.0. The van der Waals surface area contributed by atoms with Gasteiger partial charge < -0.3 is 14.4 Å². The van der Waals surface area contributed by atoms with Crippen LogP contribution in [0.1, 0.15) is 32.0 Å². The van der Waals surface area contributed by atoms with Gasteiger partial charge in [-0.05, 0) is 43.1 Å². The summed E-state index contributed by atoms with van der Waals surface area (Å²) in [5.41, 5.74) is 6.03. The minimum absolute atomic E-state index is 0.0946. The summed E-state index contributed by atoms with van der Waals surface area (Å²) in [7, 11) is -1.19. The molecule has 3 rings (SSSR count). The van der Waals surface area contributed by atoms with E-state index in [1.165, 1.54) is 26.4 Å². The fraction of sp³-hybridized carbons (Fsp3) is 0.308. The Morgan fingerprint density at radius 2 is 1.77 bits per heavy atom. The first kappa shape index (κ1) is 26.4. The summed E-state index contributed by atoms with van der Waals surface area (Å²) in [6.07, 6.45) is -1.90. The zero-order valence-corrected chi connectivity index (χ0v) is 21.0. The number of ether oxygens (including phenoxy) is 1. The molecule has 184 valence electrons. The van der Waals surface area contributed by atoms with Crippen molar-refractivity contribution in [2.45, 2.75) is 32.4 Å². The van der Waals surface area contributed by atoms with Crippen molar-refractivity contribution in [3.05, 3.63) is 66.1 Å². The third-order valence-electron chi connectivity index (χ3n) is 5.30. The van der Waals surface area contributed by atoms with Crippen molar-refractivity contribution in [1.29, 1.82) is 0 Å². The van der Waals surface area contributed by atoms with E-state index < -0.39 is 19.4 Å². The fourth-order valence-electron chi connectivity index (χ4n) is 3.54. The molecule has 0 saturated heterocycles. The zero-order valence-electron chi connectivity index (χ0n) is 20.1. The fourth-order valence-corrected chi connectivity index (χ4v) is 4.83. The molecule has 0 saturated carbocycles. The van der Waals surface area contributed by atoms with Gasteiger partial charge in [0.2, 0.25) is 0 Å². The predicted molar refractivity (Wildman–Crippen MR) is 132 cm³/mol. The Balaban J connectivity index is 2.17. The van der Waals surface area contributed by atoms with E-state index in [4.69, 9.17) is 9.62 Å². The monoisotopic (exact) mass is 498 g/mol. The number of halogens is 1. The van der Waals surface area contributed by atoms with Crippen LogP contribution in [0.25, 0.3) is 22.4 Å². The number of hydrogen-bond donors (Lipinski definition) is 1. The smallest absolute Gasteiger partial charge is 0.308 e. The molecule has 0 radical (unpaired) electrons. The van der Waals surface area contributed by atoms with E-state index in [0.29, 0.717) is 22.5 Å². The Hall–Kier alpha value is -3.24. The molecule has 0 aliphatic carbocycles. The van der Waals surface area contributed by atoms with E-state index in [1.807, 2.05) is 44.2 Å². The molecule has 35 heavy (non-hydrogen) atoms. The third-order valence-corrected chi connectivity index (χ3v) is 7.24. The molecular weight excluding hydrogens is 470 g/mol. The number of carbonyl (C=O) groups excluding carboxylic acids is 1. The average molecular weight is 498 g/mol. The number of esters is 1. The number of aromatic nitrogens is 2. The van der Waals surface area contributed by atoms with Gasteiger partial charge in [-0.15, -0.1) is 0 Å². The van der Waals surface area contributed by atoms with E-state index in [9.17, 15) is 18.9 Å². The maximum absolute atomic E-state index is 13.7. The summed E-state index contributed by atoms with van der Waals surface area (Å²) in [6.45, 7) is 3.88. The number of aliphatic hydroxyl groups is 1. The van der Waals surface area contributed by atoms with Gasteiger partial charge in [0.15, 0.2) is 0 Å². The lowest BCUT2D eigenvalue weighted by atomic mass is 9.99. The summed E-state index contributed by atoms with van der Waals surface area (Å²) >= 11 is 0. The first-order valence-corrected chi connectivity index (χ1v) is 12.8. The van der Waals surface area contributed by atoms with E-state index in [1.54, 1.807) is 16.8 Å². The predicted octanol–water partition coefficient (Wildman–Crippen LogP) is 5.09. The molecule has 2 atom stereocenters. The quantitative estimate of drug-likeness (QED) is 0.264. The molecule has 0 bridgehead atoms. The average Bonchev–Trinajstić information content (AvgIpc) is 3.23. The van der Waals surface area contributed by atoms with Crippen LogP contribution >= 0.6 is 7.37 Å². The summed E-state index contributed by atoms with van der Waals surface area (Å²) < 4.78 is 38.5. The van der Waals surface area contributed by atoms with Crippen LogP contribution in [0.5, 0.6) is 0 Å². The van der Waals surface area contributed by atoms with Crippen LogP contribution < -0.4 is 0 Å². The van der Waals surface area contributed by atoms with Crippen molar-refractivity contribution in [3.63, 3.8) is 0 Å². The molecule has 1 aromatic heterocycles. The van der Waals surface area contributed by atoms with Gasteiger partial charge in [0.05, 0.1) is 25.8 Å². The molecule has 0 amide bonds. The van der Waals surface area contributed by atoms with E-state index in [-0.39, 0.29) is 24.4 Å². The highest BCUT2D eigenvalue weighted by Gasteiger charge is 2.27. The maximum Gasteiger partial charge on any atom is 0.308 e. The van der Waals surface area contributed by atoms with Crippen LogP contribution in [0.4, 0.5) is 4.39 Å². The molecule has 2 aromatic carbocycles. The number of rotatable bonds is 8. The largest absolute Gasteiger partial charge is 0.469 e. The standard InChI is InChI=1S/C26H28FN2O5P/c1-18(2)29-23(14-15-35(32,34-4)17-22(30)16-24(31)33-3)25(19-10-12-21(27)13-11-19)26(28-29)20-8-6-5-7-9-20/h5-13,18,22,30H,16-17H2,1-4H3/t22-,35?/m0/s1. The number of methoxy groups -OCH3 is 1. The second-order valence-electron chi connectivity index (χ2n) is 8.19. The van der Waals surface area contributed by atoms with Crippen molar-refractivity contribution in [2.24, 2.45) is 0 Å². The molecule has 0 fully saturated rings. The highest BCUT2D eigenvalue weighted by Crippen LogP contribution is 2.46. The van der Waals surface area contributed by atoms with Crippen LogP contribution in [0.15, 0.2) is 54.6 Å². The molecule has 0 aliphatic rings. The van der Waals surface area contributed by atoms with E-state index in [2.05, 4.69) is 16.3 Å². The van der Waals surface area contributed by atoms with Crippen molar-refractivity contribution >= 4 is 13.3 Å². The number of benzene rings is 2. The second kappa shape index (κ2) is 11.5. The minimum Gasteiger partial charge on any atom is -0.469 e. The number of carbonyl (C=O) groups is 1. The van der Waals surface area contributed by atoms with Gasteiger partial charge in [0.1, 0.15) is 17.2 Å². The third kappa shape index (κ3) is 6.46. The molecule has 9 heteroatoms.